The van der Waals surface area contributed by atoms with Gasteiger partial charge in [-0.05, 0) is 35.7 Å². The van der Waals surface area contributed by atoms with Crippen LogP contribution in [-0.4, -0.2) is 79.9 Å². The molecule has 1 unspecified atom stereocenters. The number of rotatable bonds is 9. The lowest BCUT2D eigenvalue weighted by Gasteiger charge is -2.34. The highest BCUT2D eigenvalue weighted by Gasteiger charge is 2.35. The first kappa shape index (κ1) is 25.7. The van der Waals surface area contributed by atoms with E-state index in [0.717, 1.165) is 25.3 Å². The topological polar surface area (TPSA) is 82.2 Å². The van der Waals surface area contributed by atoms with E-state index in [1.165, 1.54) is 5.56 Å². The summed E-state index contributed by atoms with van der Waals surface area (Å²) in [5.41, 5.74) is 2.08. The molecule has 0 bridgehead atoms. The Kier molecular flexibility index (Phi) is 8.59. The van der Waals surface area contributed by atoms with E-state index in [9.17, 15) is 14.4 Å². The van der Waals surface area contributed by atoms with Crippen LogP contribution in [0.3, 0.4) is 0 Å². The van der Waals surface area contributed by atoms with Crippen molar-refractivity contribution in [1.29, 1.82) is 0 Å². The second-order valence-corrected chi connectivity index (χ2v) is 9.77. The first-order chi connectivity index (χ1) is 17.4. The largest absolute Gasteiger partial charge is 0.484 e. The number of nitrogens with zero attached hydrogens (tertiary/aromatic N) is 3. The second-order valence-electron chi connectivity index (χ2n) is 9.77. The van der Waals surface area contributed by atoms with Gasteiger partial charge in [0, 0.05) is 57.9 Å². The highest BCUT2D eigenvalue weighted by atomic mass is 16.5. The van der Waals surface area contributed by atoms with E-state index in [2.05, 4.69) is 24.1 Å². The molecule has 0 spiro atoms. The molecule has 2 aliphatic rings. The van der Waals surface area contributed by atoms with E-state index in [1.807, 2.05) is 59.5 Å². The molecule has 2 heterocycles. The summed E-state index contributed by atoms with van der Waals surface area (Å²) in [5.74, 6) is 0.742. The number of ether oxygens (including phenoxy) is 1. The molecule has 8 nitrogen and oxygen atoms in total. The molecule has 4 rings (SSSR count). The van der Waals surface area contributed by atoms with E-state index < -0.39 is 0 Å². The maximum absolute atomic E-state index is 12.6. The summed E-state index contributed by atoms with van der Waals surface area (Å²) in [6, 6.07) is 17.4. The minimum absolute atomic E-state index is 0.00948. The van der Waals surface area contributed by atoms with Crippen molar-refractivity contribution in [2.24, 2.45) is 5.92 Å². The number of carbonyl (C=O) groups excluding carboxylic acids is 3. The highest BCUT2D eigenvalue weighted by Crippen LogP contribution is 2.25. The second kappa shape index (κ2) is 12.0. The van der Waals surface area contributed by atoms with Gasteiger partial charge in [-0.15, -0.1) is 0 Å². The zero-order valence-corrected chi connectivity index (χ0v) is 21.2. The Morgan fingerprint density at radius 3 is 2.36 bits per heavy atom. The van der Waals surface area contributed by atoms with Crippen molar-refractivity contribution in [2.45, 2.75) is 26.2 Å². The fraction of sp³-hybridized carbons (Fsp3) is 0.464. The van der Waals surface area contributed by atoms with Gasteiger partial charge in [-0.1, -0.05) is 44.2 Å². The van der Waals surface area contributed by atoms with Crippen molar-refractivity contribution in [2.75, 3.05) is 57.3 Å². The number of amides is 3. The number of hydrogen-bond acceptors (Lipinski definition) is 5. The number of piperazine rings is 1. The SMILES string of the molecule is CC(C)c1ccc(OCC(=O)N2CCN(CCNC(=O)C3CC(=O)N(c4ccccc4)C3)CC2)cc1. The van der Waals surface area contributed by atoms with Crippen LogP contribution in [0.4, 0.5) is 5.69 Å². The summed E-state index contributed by atoms with van der Waals surface area (Å²) >= 11 is 0. The molecular weight excluding hydrogens is 456 g/mol. The Hall–Kier alpha value is -3.39. The number of anilines is 1. The minimum Gasteiger partial charge on any atom is -0.484 e. The Bertz CT molecular complexity index is 1030. The molecule has 2 aromatic carbocycles. The van der Waals surface area contributed by atoms with Crippen molar-refractivity contribution in [3.8, 4) is 5.75 Å². The van der Waals surface area contributed by atoms with Gasteiger partial charge in [0.2, 0.25) is 11.8 Å². The molecule has 192 valence electrons. The Morgan fingerprint density at radius 2 is 1.69 bits per heavy atom. The molecule has 0 aliphatic carbocycles. The van der Waals surface area contributed by atoms with Crippen LogP contribution < -0.4 is 15.0 Å². The number of para-hydroxylation sites is 1. The number of hydrogen-bond donors (Lipinski definition) is 1. The molecule has 8 heteroatoms. The van der Waals surface area contributed by atoms with Crippen LogP contribution in [0.15, 0.2) is 54.6 Å². The number of nitrogens with one attached hydrogen (secondary N) is 1. The van der Waals surface area contributed by atoms with Crippen molar-refractivity contribution >= 4 is 23.4 Å². The summed E-state index contributed by atoms with van der Waals surface area (Å²) in [5, 5.41) is 2.99. The zero-order valence-electron chi connectivity index (χ0n) is 21.2. The van der Waals surface area contributed by atoms with Crippen LogP contribution in [0.2, 0.25) is 0 Å². The quantitative estimate of drug-likeness (QED) is 0.582. The Labute approximate surface area is 213 Å². The van der Waals surface area contributed by atoms with Crippen molar-refractivity contribution in [1.82, 2.24) is 15.1 Å². The molecule has 0 radical (unpaired) electrons. The molecule has 1 N–H and O–H groups in total. The maximum Gasteiger partial charge on any atom is 0.260 e. The van der Waals surface area contributed by atoms with Gasteiger partial charge >= 0.3 is 0 Å². The van der Waals surface area contributed by atoms with E-state index in [4.69, 9.17) is 4.74 Å². The Morgan fingerprint density at radius 1 is 1.00 bits per heavy atom. The van der Waals surface area contributed by atoms with Gasteiger partial charge in [-0.3, -0.25) is 19.3 Å². The van der Waals surface area contributed by atoms with Gasteiger partial charge in [-0.25, -0.2) is 0 Å². The Balaban J connectivity index is 1.12. The summed E-state index contributed by atoms with van der Waals surface area (Å²) in [6.07, 6.45) is 0.242. The predicted molar refractivity (Wildman–Crippen MR) is 139 cm³/mol. The third kappa shape index (κ3) is 6.63. The highest BCUT2D eigenvalue weighted by molar-refractivity contribution is 6.00. The lowest BCUT2D eigenvalue weighted by Crippen LogP contribution is -2.51. The first-order valence-corrected chi connectivity index (χ1v) is 12.8. The number of benzene rings is 2. The molecular formula is C28H36N4O4. The molecule has 0 aromatic heterocycles. The van der Waals surface area contributed by atoms with Crippen LogP contribution in [0.1, 0.15) is 31.7 Å². The predicted octanol–water partition coefficient (Wildman–Crippen LogP) is 2.50. The molecule has 3 amide bonds. The van der Waals surface area contributed by atoms with Crippen molar-refractivity contribution in [3.63, 3.8) is 0 Å². The van der Waals surface area contributed by atoms with Crippen LogP contribution >= 0.6 is 0 Å². The van der Waals surface area contributed by atoms with E-state index in [0.29, 0.717) is 37.8 Å². The van der Waals surface area contributed by atoms with E-state index >= 15 is 0 Å². The molecule has 1 atom stereocenters. The normalized spacial score (nSPS) is 18.5. The van der Waals surface area contributed by atoms with Gasteiger partial charge in [0.15, 0.2) is 6.61 Å². The lowest BCUT2D eigenvalue weighted by atomic mass is 10.0. The van der Waals surface area contributed by atoms with E-state index in [-0.39, 0.29) is 36.7 Å². The van der Waals surface area contributed by atoms with Crippen molar-refractivity contribution in [3.05, 3.63) is 60.2 Å². The average Bonchev–Trinajstić information content (AvgIpc) is 3.30. The smallest absolute Gasteiger partial charge is 0.260 e. The van der Waals surface area contributed by atoms with Crippen LogP contribution in [0.5, 0.6) is 5.75 Å². The molecule has 0 saturated carbocycles. The zero-order chi connectivity index (χ0) is 25.5. The summed E-state index contributed by atoms with van der Waals surface area (Å²) in [6.45, 7) is 8.79. The average molecular weight is 493 g/mol. The first-order valence-electron chi connectivity index (χ1n) is 12.8. The maximum atomic E-state index is 12.6. The minimum atomic E-state index is -0.325. The fourth-order valence-corrected chi connectivity index (χ4v) is 4.63. The monoisotopic (exact) mass is 492 g/mol. The molecule has 2 aromatic rings. The fourth-order valence-electron chi connectivity index (χ4n) is 4.63. The summed E-state index contributed by atoms with van der Waals surface area (Å²) in [7, 11) is 0. The third-order valence-electron chi connectivity index (χ3n) is 6.93. The van der Waals surface area contributed by atoms with Gasteiger partial charge < -0.3 is 19.9 Å². The molecule has 2 aliphatic heterocycles. The van der Waals surface area contributed by atoms with Gasteiger partial charge in [0.1, 0.15) is 5.75 Å². The summed E-state index contributed by atoms with van der Waals surface area (Å²) < 4.78 is 5.69. The summed E-state index contributed by atoms with van der Waals surface area (Å²) in [4.78, 5) is 43.3. The molecule has 36 heavy (non-hydrogen) atoms. The van der Waals surface area contributed by atoms with Gasteiger partial charge in [0.05, 0.1) is 5.92 Å². The van der Waals surface area contributed by atoms with Crippen molar-refractivity contribution < 1.29 is 19.1 Å². The lowest BCUT2D eigenvalue weighted by molar-refractivity contribution is -0.135. The third-order valence-corrected chi connectivity index (χ3v) is 6.93. The van der Waals surface area contributed by atoms with Crippen LogP contribution in [-0.2, 0) is 14.4 Å². The van der Waals surface area contributed by atoms with Crippen LogP contribution in [0.25, 0.3) is 0 Å². The van der Waals surface area contributed by atoms with Gasteiger partial charge in [0.25, 0.3) is 5.91 Å². The molecule has 2 saturated heterocycles. The van der Waals surface area contributed by atoms with E-state index in [1.54, 1.807) is 4.90 Å². The molecule has 2 fully saturated rings. The van der Waals surface area contributed by atoms with Crippen LogP contribution in [0, 0.1) is 5.92 Å². The van der Waals surface area contributed by atoms with Gasteiger partial charge in [-0.2, -0.15) is 0 Å². The standard InChI is InChI=1S/C28H36N4O4/c1-21(2)22-8-10-25(11-9-22)36-20-27(34)31-16-14-30(15-17-31)13-12-29-28(35)23-18-26(33)32(19-23)24-6-4-3-5-7-24/h3-11,21,23H,12-20H2,1-2H3,(H,29,35). The number of carbonyl (C=O) groups is 3.